The number of ether oxygens (including phenoxy) is 1. The molecule has 1 heterocycles. The highest BCUT2D eigenvalue weighted by atomic mass is 32.1. The van der Waals surface area contributed by atoms with Crippen LogP contribution in [0.25, 0.3) is 0 Å². The Bertz CT molecular complexity index is 569. The Morgan fingerprint density at radius 2 is 2.25 bits per heavy atom. The first-order valence-corrected chi connectivity index (χ1v) is 7.59. The van der Waals surface area contributed by atoms with E-state index in [2.05, 4.69) is 11.9 Å². The van der Waals surface area contributed by atoms with Crippen LogP contribution in [0.15, 0.2) is 23.6 Å². The molecule has 0 saturated carbocycles. The van der Waals surface area contributed by atoms with E-state index in [1.165, 1.54) is 12.1 Å². The maximum atomic E-state index is 13.2. The number of halogens is 1. The van der Waals surface area contributed by atoms with Crippen molar-refractivity contribution in [3.05, 3.63) is 45.7 Å². The van der Waals surface area contributed by atoms with Gasteiger partial charge in [-0.25, -0.2) is 9.37 Å². The molecule has 0 aliphatic heterocycles. The average molecular weight is 294 g/mol. The second kappa shape index (κ2) is 6.81. The third-order valence-electron chi connectivity index (χ3n) is 2.90. The molecule has 2 rings (SSSR count). The first kappa shape index (κ1) is 14.9. The van der Waals surface area contributed by atoms with E-state index in [1.54, 1.807) is 17.4 Å². The van der Waals surface area contributed by atoms with Crippen molar-refractivity contribution in [3.8, 4) is 5.75 Å². The maximum Gasteiger partial charge on any atom is 0.131 e. The number of aromatic nitrogens is 1. The largest absolute Gasteiger partial charge is 0.487 e. The molecule has 3 nitrogen and oxygen atoms in total. The summed E-state index contributed by atoms with van der Waals surface area (Å²) in [6, 6.07) is 4.15. The SMILES string of the molecule is CCCc1nc(COc2ccc(F)cc2[C@H](C)N)cs1. The molecule has 0 aliphatic rings. The zero-order chi connectivity index (χ0) is 14.5. The smallest absolute Gasteiger partial charge is 0.131 e. The number of nitrogens with two attached hydrogens (primary N) is 1. The summed E-state index contributed by atoms with van der Waals surface area (Å²) in [5, 5.41) is 3.12. The molecule has 0 amide bonds. The molecule has 2 N–H and O–H groups in total. The van der Waals surface area contributed by atoms with Gasteiger partial charge in [-0.3, -0.25) is 0 Å². The summed E-state index contributed by atoms with van der Waals surface area (Å²) in [7, 11) is 0. The Kier molecular flexibility index (Phi) is 5.09. The summed E-state index contributed by atoms with van der Waals surface area (Å²) in [6.45, 7) is 4.32. The number of hydrogen-bond acceptors (Lipinski definition) is 4. The summed E-state index contributed by atoms with van der Waals surface area (Å²) in [5.41, 5.74) is 7.41. The highest BCUT2D eigenvalue weighted by molar-refractivity contribution is 7.09. The number of rotatable bonds is 6. The molecule has 2 aromatic rings. The molecule has 0 spiro atoms. The van der Waals surface area contributed by atoms with E-state index in [0.717, 1.165) is 23.5 Å². The van der Waals surface area contributed by atoms with Crippen LogP contribution in [0, 0.1) is 5.82 Å². The fraction of sp³-hybridized carbons (Fsp3) is 0.400. The molecular weight excluding hydrogens is 275 g/mol. The van der Waals surface area contributed by atoms with Crippen molar-refractivity contribution in [2.24, 2.45) is 5.73 Å². The van der Waals surface area contributed by atoms with Crippen molar-refractivity contribution < 1.29 is 9.13 Å². The van der Waals surface area contributed by atoms with Gasteiger partial charge in [0, 0.05) is 17.0 Å². The van der Waals surface area contributed by atoms with Crippen molar-refractivity contribution in [2.45, 2.75) is 39.3 Å². The molecule has 0 radical (unpaired) electrons. The van der Waals surface area contributed by atoms with Gasteiger partial charge in [-0.1, -0.05) is 6.92 Å². The molecule has 20 heavy (non-hydrogen) atoms. The van der Waals surface area contributed by atoms with Gasteiger partial charge >= 0.3 is 0 Å². The molecule has 0 unspecified atom stereocenters. The van der Waals surface area contributed by atoms with Crippen molar-refractivity contribution in [1.82, 2.24) is 4.98 Å². The van der Waals surface area contributed by atoms with Crippen LogP contribution in [0.3, 0.4) is 0 Å². The number of hydrogen-bond donors (Lipinski definition) is 1. The molecule has 1 aromatic carbocycles. The Labute approximate surface area is 122 Å². The zero-order valence-electron chi connectivity index (χ0n) is 11.7. The van der Waals surface area contributed by atoms with Crippen LogP contribution in [0.2, 0.25) is 0 Å². The van der Waals surface area contributed by atoms with Crippen molar-refractivity contribution >= 4 is 11.3 Å². The van der Waals surface area contributed by atoms with Gasteiger partial charge in [0.05, 0.1) is 10.7 Å². The van der Waals surface area contributed by atoms with Crippen molar-refractivity contribution in [3.63, 3.8) is 0 Å². The second-order valence-corrected chi connectivity index (χ2v) is 5.68. The molecule has 108 valence electrons. The van der Waals surface area contributed by atoms with Gasteiger partial charge in [0.15, 0.2) is 0 Å². The lowest BCUT2D eigenvalue weighted by molar-refractivity contribution is 0.296. The van der Waals surface area contributed by atoms with Gasteiger partial charge in [0.25, 0.3) is 0 Å². The predicted molar refractivity (Wildman–Crippen MR) is 79.4 cm³/mol. The van der Waals surface area contributed by atoms with Gasteiger partial charge in [0.1, 0.15) is 18.2 Å². The number of nitrogens with zero attached hydrogens (tertiary/aromatic N) is 1. The van der Waals surface area contributed by atoms with E-state index in [1.807, 2.05) is 12.3 Å². The minimum absolute atomic E-state index is 0.271. The summed E-state index contributed by atoms with van der Waals surface area (Å²) >= 11 is 1.65. The average Bonchev–Trinajstić information content (AvgIpc) is 2.85. The molecule has 5 heteroatoms. The highest BCUT2D eigenvalue weighted by Crippen LogP contribution is 2.25. The first-order valence-electron chi connectivity index (χ1n) is 6.71. The fourth-order valence-electron chi connectivity index (χ4n) is 1.90. The topological polar surface area (TPSA) is 48.1 Å². The minimum Gasteiger partial charge on any atom is -0.487 e. The maximum absolute atomic E-state index is 13.2. The third-order valence-corrected chi connectivity index (χ3v) is 3.86. The van der Waals surface area contributed by atoms with Gasteiger partial charge in [-0.05, 0) is 38.0 Å². The Hall–Kier alpha value is -1.46. The summed E-state index contributed by atoms with van der Waals surface area (Å²) < 4.78 is 19.0. The molecule has 0 bridgehead atoms. The van der Waals surface area contributed by atoms with Crippen molar-refractivity contribution in [2.75, 3.05) is 0 Å². The van der Waals surface area contributed by atoms with Gasteiger partial charge in [-0.15, -0.1) is 11.3 Å². The fourth-order valence-corrected chi connectivity index (χ4v) is 2.79. The Morgan fingerprint density at radius 1 is 1.45 bits per heavy atom. The predicted octanol–water partition coefficient (Wildman–Crippen LogP) is 3.83. The lowest BCUT2D eigenvalue weighted by Crippen LogP contribution is -2.08. The molecule has 0 aliphatic carbocycles. The van der Waals surface area contributed by atoms with Crippen LogP contribution >= 0.6 is 11.3 Å². The van der Waals surface area contributed by atoms with E-state index in [-0.39, 0.29) is 11.9 Å². The lowest BCUT2D eigenvalue weighted by atomic mass is 10.1. The van der Waals surface area contributed by atoms with E-state index in [4.69, 9.17) is 10.5 Å². The van der Waals surface area contributed by atoms with Crippen LogP contribution < -0.4 is 10.5 Å². The van der Waals surface area contributed by atoms with E-state index < -0.39 is 0 Å². The molecule has 1 aromatic heterocycles. The third kappa shape index (κ3) is 3.77. The van der Waals surface area contributed by atoms with Gasteiger partial charge in [-0.2, -0.15) is 0 Å². The summed E-state index contributed by atoms with van der Waals surface area (Å²) in [6.07, 6.45) is 2.08. The minimum atomic E-state index is -0.302. The van der Waals surface area contributed by atoms with Gasteiger partial charge in [0.2, 0.25) is 0 Å². The van der Waals surface area contributed by atoms with Crippen LogP contribution in [-0.4, -0.2) is 4.98 Å². The van der Waals surface area contributed by atoms with Gasteiger partial charge < -0.3 is 10.5 Å². The number of benzene rings is 1. The molecule has 1 atom stereocenters. The molecular formula is C15H19FN2OS. The monoisotopic (exact) mass is 294 g/mol. The quantitative estimate of drug-likeness (QED) is 0.880. The molecule has 0 saturated heterocycles. The normalized spacial score (nSPS) is 12.4. The summed E-state index contributed by atoms with van der Waals surface area (Å²) in [5.74, 6) is 0.315. The standard InChI is InChI=1S/C15H19FN2OS/c1-3-4-15-18-12(9-20-15)8-19-14-6-5-11(16)7-13(14)10(2)17/h5-7,9-10H,3-4,8,17H2,1-2H3/t10-/m0/s1. The van der Waals surface area contributed by atoms with Crippen LogP contribution in [0.5, 0.6) is 5.75 Å². The van der Waals surface area contributed by atoms with Crippen LogP contribution in [-0.2, 0) is 13.0 Å². The summed E-state index contributed by atoms with van der Waals surface area (Å²) in [4.78, 5) is 4.50. The number of aryl methyl sites for hydroxylation is 1. The highest BCUT2D eigenvalue weighted by Gasteiger charge is 2.10. The van der Waals surface area contributed by atoms with E-state index >= 15 is 0 Å². The Morgan fingerprint density at radius 3 is 2.95 bits per heavy atom. The zero-order valence-corrected chi connectivity index (χ0v) is 12.5. The van der Waals surface area contributed by atoms with Crippen LogP contribution in [0.4, 0.5) is 4.39 Å². The first-order chi connectivity index (χ1) is 9.60. The van der Waals surface area contributed by atoms with E-state index in [9.17, 15) is 4.39 Å². The van der Waals surface area contributed by atoms with E-state index in [0.29, 0.717) is 17.9 Å². The lowest BCUT2D eigenvalue weighted by Gasteiger charge is -2.13. The molecule has 0 fully saturated rings. The Balaban J connectivity index is 2.06. The second-order valence-electron chi connectivity index (χ2n) is 4.74. The van der Waals surface area contributed by atoms with Crippen molar-refractivity contribution in [1.29, 1.82) is 0 Å². The number of thiazole rings is 1. The van der Waals surface area contributed by atoms with Crippen LogP contribution in [0.1, 0.15) is 42.6 Å².